The number of aliphatic hydroxyl groups excluding tert-OH is 1. The Morgan fingerprint density at radius 3 is 3.08 bits per heavy atom. The molecule has 13 heavy (non-hydrogen) atoms. The Kier molecular flexibility index (Phi) is 4.66. The molecule has 2 unspecified atom stereocenters. The number of aliphatic hydroxyl groups is 1. The largest absolute Gasteiger partial charge is 0.395 e. The lowest BCUT2D eigenvalue weighted by molar-refractivity contribution is -0.0324. The van der Waals surface area contributed by atoms with Gasteiger partial charge in [-0.1, -0.05) is 6.92 Å². The summed E-state index contributed by atoms with van der Waals surface area (Å²) in [7, 11) is 0. The van der Waals surface area contributed by atoms with E-state index in [1.165, 1.54) is 0 Å². The van der Waals surface area contributed by atoms with Gasteiger partial charge in [-0.2, -0.15) is 0 Å². The molecular formula is C9H20N2O2. The van der Waals surface area contributed by atoms with Gasteiger partial charge in [-0.15, -0.1) is 0 Å². The third kappa shape index (κ3) is 3.60. The Balaban J connectivity index is 2.25. The van der Waals surface area contributed by atoms with Crippen LogP contribution in [0.4, 0.5) is 0 Å². The lowest BCUT2D eigenvalue weighted by Gasteiger charge is -2.33. The van der Waals surface area contributed by atoms with Crippen molar-refractivity contribution in [1.29, 1.82) is 0 Å². The SMILES string of the molecule is CCC1CN(CC(N)CO)CCO1. The highest BCUT2D eigenvalue weighted by molar-refractivity contribution is 4.74. The van der Waals surface area contributed by atoms with E-state index in [-0.39, 0.29) is 12.6 Å². The van der Waals surface area contributed by atoms with E-state index in [1.807, 2.05) is 0 Å². The zero-order valence-electron chi connectivity index (χ0n) is 8.28. The first-order valence-corrected chi connectivity index (χ1v) is 4.96. The molecule has 4 heteroatoms. The maximum atomic E-state index is 8.81. The summed E-state index contributed by atoms with van der Waals surface area (Å²) in [5, 5.41) is 8.81. The summed E-state index contributed by atoms with van der Waals surface area (Å²) in [5.74, 6) is 0. The predicted octanol–water partition coefficient (Wildman–Crippen LogP) is -0.583. The summed E-state index contributed by atoms with van der Waals surface area (Å²) in [6, 6.07) is -0.115. The van der Waals surface area contributed by atoms with Gasteiger partial charge in [0.2, 0.25) is 0 Å². The third-order valence-electron chi connectivity index (χ3n) is 2.41. The van der Waals surface area contributed by atoms with E-state index in [2.05, 4.69) is 11.8 Å². The van der Waals surface area contributed by atoms with E-state index in [4.69, 9.17) is 15.6 Å². The maximum Gasteiger partial charge on any atom is 0.0700 e. The van der Waals surface area contributed by atoms with Crippen LogP contribution >= 0.6 is 0 Å². The number of morpholine rings is 1. The number of hydrogen-bond acceptors (Lipinski definition) is 4. The van der Waals surface area contributed by atoms with Crippen molar-refractivity contribution in [2.75, 3.05) is 32.8 Å². The molecule has 0 amide bonds. The first-order chi connectivity index (χ1) is 6.26. The van der Waals surface area contributed by atoms with E-state index < -0.39 is 0 Å². The molecule has 1 aliphatic rings. The van der Waals surface area contributed by atoms with Crippen molar-refractivity contribution in [2.24, 2.45) is 5.73 Å². The topological polar surface area (TPSA) is 58.7 Å². The number of hydrogen-bond donors (Lipinski definition) is 2. The second-order valence-corrected chi connectivity index (χ2v) is 3.60. The molecule has 78 valence electrons. The van der Waals surface area contributed by atoms with Gasteiger partial charge >= 0.3 is 0 Å². The van der Waals surface area contributed by atoms with Crippen molar-refractivity contribution in [2.45, 2.75) is 25.5 Å². The molecule has 0 aromatic heterocycles. The molecule has 1 rings (SSSR count). The molecule has 1 saturated heterocycles. The van der Waals surface area contributed by atoms with E-state index in [0.29, 0.717) is 6.10 Å². The van der Waals surface area contributed by atoms with E-state index in [9.17, 15) is 0 Å². The van der Waals surface area contributed by atoms with Gasteiger partial charge < -0.3 is 15.6 Å². The average molecular weight is 188 g/mol. The van der Waals surface area contributed by atoms with Crippen LogP contribution in [0.3, 0.4) is 0 Å². The van der Waals surface area contributed by atoms with Gasteiger partial charge in [0.05, 0.1) is 19.3 Å². The lowest BCUT2D eigenvalue weighted by atomic mass is 10.2. The Morgan fingerprint density at radius 2 is 2.46 bits per heavy atom. The van der Waals surface area contributed by atoms with Gasteiger partial charge in [-0.25, -0.2) is 0 Å². The van der Waals surface area contributed by atoms with Gasteiger partial charge in [0, 0.05) is 25.7 Å². The molecule has 4 nitrogen and oxygen atoms in total. The van der Waals surface area contributed by atoms with Crippen LogP contribution in [0.1, 0.15) is 13.3 Å². The molecule has 0 bridgehead atoms. The molecule has 0 aliphatic carbocycles. The molecule has 1 aliphatic heterocycles. The average Bonchev–Trinajstić information content (AvgIpc) is 2.18. The van der Waals surface area contributed by atoms with E-state index >= 15 is 0 Å². The van der Waals surface area contributed by atoms with E-state index in [0.717, 1.165) is 32.7 Å². The van der Waals surface area contributed by atoms with Gasteiger partial charge in [-0.3, -0.25) is 4.90 Å². The highest BCUT2D eigenvalue weighted by atomic mass is 16.5. The Hall–Kier alpha value is -0.160. The van der Waals surface area contributed by atoms with Crippen LogP contribution < -0.4 is 5.73 Å². The number of nitrogens with zero attached hydrogens (tertiary/aromatic N) is 1. The maximum absolute atomic E-state index is 8.81. The van der Waals surface area contributed by atoms with Crippen LogP contribution in [0.25, 0.3) is 0 Å². The summed E-state index contributed by atoms with van der Waals surface area (Å²) < 4.78 is 5.53. The minimum absolute atomic E-state index is 0.0636. The fraction of sp³-hybridized carbons (Fsp3) is 1.00. The minimum atomic E-state index is -0.115. The number of nitrogens with two attached hydrogens (primary N) is 1. The van der Waals surface area contributed by atoms with Crippen molar-refractivity contribution in [3.05, 3.63) is 0 Å². The Bertz CT molecular complexity index is 142. The second-order valence-electron chi connectivity index (χ2n) is 3.60. The monoisotopic (exact) mass is 188 g/mol. The predicted molar refractivity (Wildman–Crippen MR) is 51.5 cm³/mol. The Labute approximate surface area is 79.7 Å². The zero-order chi connectivity index (χ0) is 9.68. The smallest absolute Gasteiger partial charge is 0.0700 e. The van der Waals surface area contributed by atoms with Crippen LogP contribution in [-0.4, -0.2) is 55.0 Å². The standard InChI is InChI=1S/C9H20N2O2/c1-2-9-6-11(3-4-13-9)5-8(10)7-12/h8-9,12H,2-7,10H2,1H3. The zero-order valence-corrected chi connectivity index (χ0v) is 8.28. The van der Waals surface area contributed by atoms with Crippen molar-refractivity contribution in [3.8, 4) is 0 Å². The fourth-order valence-corrected chi connectivity index (χ4v) is 1.58. The molecule has 0 spiro atoms. The first-order valence-electron chi connectivity index (χ1n) is 4.96. The van der Waals surface area contributed by atoms with Crippen molar-refractivity contribution in [3.63, 3.8) is 0 Å². The molecule has 0 saturated carbocycles. The molecule has 1 heterocycles. The fourth-order valence-electron chi connectivity index (χ4n) is 1.58. The van der Waals surface area contributed by atoms with Crippen LogP contribution in [0.5, 0.6) is 0 Å². The molecule has 0 aromatic carbocycles. The van der Waals surface area contributed by atoms with E-state index in [1.54, 1.807) is 0 Å². The van der Waals surface area contributed by atoms with Crippen LogP contribution in [0, 0.1) is 0 Å². The Morgan fingerprint density at radius 1 is 1.69 bits per heavy atom. The van der Waals surface area contributed by atoms with Gasteiger partial charge in [0.15, 0.2) is 0 Å². The summed E-state index contributed by atoms with van der Waals surface area (Å²) in [4.78, 5) is 2.26. The van der Waals surface area contributed by atoms with Crippen molar-refractivity contribution < 1.29 is 9.84 Å². The van der Waals surface area contributed by atoms with Crippen LogP contribution in [0.2, 0.25) is 0 Å². The second kappa shape index (κ2) is 5.54. The quantitative estimate of drug-likeness (QED) is 0.619. The minimum Gasteiger partial charge on any atom is -0.395 e. The molecule has 3 N–H and O–H groups in total. The van der Waals surface area contributed by atoms with Gasteiger partial charge in [0.25, 0.3) is 0 Å². The van der Waals surface area contributed by atoms with Crippen LogP contribution in [-0.2, 0) is 4.74 Å². The first kappa shape index (κ1) is 10.9. The highest BCUT2D eigenvalue weighted by Crippen LogP contribution is 2.07. The summed E-state index contributed by atoms with van der Waals surface area (Å²) >= 11 is 0. The third-order valence-corrected chi connectivity index (χ3v) is 2.41. The summed E-state index contributed by atoms with van der Waals surface area (Å²) in [6.07, 6.45) is 1.39. The molecule has 0 radical (unpaired) electrons. The van der Waals surface area contributed by atoms with Gasteiger partial charge in [-0.05, 0) is 6.42 Å². The molecule has 2 atom stereocenters. The molecular weight excluding hydrogens is 168 g/mol. The normalized spacial score (nSPS) is 27.5. The number of rotatable bonds is 4. The molecule has 0 aromatic rings. The van der Waals surface area contributed by atoms with Crippen LogP contribution in [0.15, 0.2) is 0 Å². The molecule has 1 fully saturated rings. The van der Waals surface area contributed by atoms with Crippen molar-refractivity contribution >= 4 is 0 Å². The number of ether oxygens (including phenoxy) is 1. The lowest BCUT2D eigenvalue weighted by Crippen LogP contribution is -2.48. The summed E-state index contributed by atoms with van der Waals surface area (Å²) in [5.41, 5.74) is 5.66. The van der Waals surface area contributed by atoms with Gasteiger partial charge in [0.1, 0.15) is 0 Å². The highest BCUT2D eigenvalue weighted by Gasteiger charge is 2.19. The van der Waals surface area contributed by atoms with Crippen molar-refractivity contribution in [1.82, 2.24) is 4.90 Å². The summed E-state index contributed by atoms with van der Waals surface area (Å²) in [6.45, 7) is 5.63.